The number of halogens is 3. The molecule has 17 heavy (non-hydrogen) atoms. The standard InChI is InChI=1S/C12H15F2NO.ClH/c13-9-2-1-3-10(14)11(9)12(8-15)4-6-16-7-5-12;/h1-3H,4-8,15H2;1H. The minimum Gasteiger partial charge on any atom is -0.381 e. The predicted octanol–water partition coefficient (Wildman–Crippen LogP) is 2.39. The van der Waals surface area contributed by atoms with Crippen LogP contribution in [0.25, 0.3) is 0 Å². The van der Waals surface area contributed by atoms with E-state index in [1.807, 2.05) is 0 Å². The Morgan fingerprint density at radius 2 is 1.71 bits per heavy atom. The van der Waals surface area contributed by atoms with Gasteiger partial charge >= 0.3 is 0 Å². The first-order chi connectivity index (χ1) is 7.69. The summed E-state index contributed by atoms with van der Waals surface area (Å²) >= 11 is 0. The molecule has 1 heterocycles. The Hall–Kier alpha value is -0.710. The van der Waals surface area contributed by atoms with E-state index >= 15 is 0 Å². The molecule has 0 unspecified atom stereocenters. The molecule has 1 aliphatic rings. The van der Waals surface area contributed by atoms with Crippen molar-refractivity contribution in [2.24, 2.45) is 5.73 Å². The van der Waals surface area contributed by atoms with E-state index in [4.69, 9.17) is 10.5 Å². The first-order valence-electron chi connectivity index (χ1n) is 5.42. The fourth-order valence-corrected chi connectivity index (χ4v) is 2.32. The third kappa shape index (κ3) is 2.59. The van der Waals surface area contributed by atoms with Gasteiger partial charge in [-0.1, -0.05) is 6.07 Å². The maximum atomic E-state index is 13.7. The number of benzene rings is 1. The average Bonchev–Trinajstić information content (AvgIpc) is 2.30. The minimum atomic E-state index is -0.603. The molecule has 1 aromatic rings. The summed E-state index contributed by atoms with van der Waals surface area (Å²) < 4.78 is 32.7. The first kappa shape index (κ1) is 14.4. The third-order valence-corrected chi connectivity index (χ3v) is 3.33. The number of nitrogens with two attached hydrogens (primary N) is 1. The first-order valence-corrected chi connectivity index (χ1v) is 5.42. The molecule has 2 nitrogen and oxygen atoms in total. The molecule has 1 aliphatic heterocycles. The number of ether oxygens (including phenoxy) is 1. The highest BCUT2D eigenvalue weighted by Crippen LogP contribution is 2.36. The second-order valence-corrected chi connectivity index (χ2v) is 4.19. The van der Waals surface area contributed by atoms with Crippen molar-refractivity contribution in [3.63, 3.8) is 0 Å². The Kier molecular flexibility index (Phi) is 4.86. The van der Waals surface area contributed by atoms with Crippen molar-refractivity contribution in [1.82, 2.24) is 0 Å². The van der Waals surface area contributed by atoms with Crippen LogP contribution in [0.3, 0.4) is 0 Å². The van der Waals surface area contributed by atoms with E-state index in [1.165, 1.54) is 18.2 Å². The monoisotopic (exact) mass is 263 g/mol. The lowest BCUT2D eigenvalue weighted by molar-refractivity contribution is 0.0504. The average molecular weight is 264 g/mol. The molecule has 0 atom stereocenters. The van der Waals surface area contributed by atoms with Gasteiger partial charge in [-0.2, -0.15) is 0 Å². The summed E-state index contributed by atoms with van der Waals surface area (Å²) in [6.45, 7) is 1.25. The molecule has 1 saturated heterocycles. The second-order valence-electron chi connectivity index (χ2n) is 4.19. The molecule has 0 spiro atoms. The van der Waals surface area contributed by atoms with Crippen LogP contribution in [-0.4, -0.2) is 19.8 Å². The van der Waals surface area contributed by atoms with Crippen molar-refractivity contribution >= 4 is 12.4 Å². The zero-order valence-electron chi connectivity index (χ0n) is 9.42. The van der Waals surface area contributed by atoms with Gasteiger partial charge in [0.25, 0.3) is 0 Å². The highest BCUT2D eigenvalue weighted by Gasteiger charge is 2.37. The van der Waals surface area contributed by atoms with Gasteiger partial charge in [0, 0.05) is 30.7 Å². The van der Waals surface area contributed by atoms with Crippen molar-refractivity contribution in [3.05, 3.63) is 35.4 Å². The number of hydrogen-bond acceptors (Lipinski definition) is 2. The van der Waals surface area contributed by atoms with Gasteiger partial charge in [0.2, 0.25) is 0 Å². The van der Waals surface area contributed by atoms with E-state index in [9.17, 15) is 8.78 Å². The summed E-state index contributed by atoms with van der Waals surface area (Å²) in [6, 6.07) is 3.94. The lowest BCUT2D eigenvalue weighted by Gasteiger charge is -2.36. The summed E-state index contributed by atoms with van der Waals surface area (Å²) in [5.74, 6) is -1.01. The largest absolute Gasteiger partial charge is 0.381 e. The fraction of sp³-hybridized carbons (Fsp3) is 0.500. The van der Waals surface area contributed by atoms with E-state index < -0.39 is 17.0 Å². The highest BCUT2D eigenvalue weighted by atomic mass is 35.5. The smallest absolute Gasteiger partial charge is 0.129 e. The summed E-state index contributed by atoms with van der Waals surface area (Å²) in [5.41, 5.74) is 5.24. The van der Waals surface area contributed by atoms with Crippen molar-refractivity contribution in [3.8, 4) is 0 Å². The number of rotatable bonds is 2. The van der Waals surface area contributed by atoms with Crippen molar-refractivity contribution in [2.45, 2.75) is 18.3 Å². The third-order valence-electron chi connectivity index (χ3n) is 3.33. The maximum Gasteiger partial charge on any atom is 0.129 e. The van der Waals surface area contributed by atoms with Gasteiger partial charge in [0.15, 0.2) is 0 Å². The summed E-state index contributed by atoms with van der Waals surface area (Å²) in [7, 11) is 0. The van der Waals surface area contributed by atoms with Gasteiger partial charge in [0.1, 0.15) is 11.6 Å². The van der Waals surface area contributed by atoms with Crippen molar-refractivity contribution < 1.29 is 13.5 Å². The molecular formula is C12H16ClF2NO. The molecule has 5 heteroatoms. The quantitative estimate of drug-likeness (QED) is 0.889. The molecule has 0 aromatic heterocycles. The van der Waals surface area contributed by atoms with E-state index in [0.717, 1.165) is 0 Å². The Labute approximate surface area is 106 Å². The molecule has 0 saturated carbocycles. The molecule has 0 amide bonds. The van der Waals surface area contributed by atoms with Crippen molar-refractivity contribution in [1.29, 1.82) is 0 Å². The summed E-state index contributed by atoms with van der Waals surface area (Å²) in [6.07, 6.45) is 1.14. The van der Waals surface area contributed by atoms with Crippen LogP contribution in [0.15, 0.2) is 18.2 Å². The van der Waals surface area contributed by atoms with Crippen LogP contribution in [0.2, 0.25) is 0 Å². The van der Waals surface area contributed by atoms with E-state index in [-0.39, 0.29) is 24.5 Å². The molecular weight excluding hydrogens is 248 g/mol. The molecule has 2 N–H and O–H groups in total. The van der Waals surface area contributed by atoms with E-state index in [2.05, 4.69) is 0 Å². The molecule has 0 radical (unpaired) electrons. The molecule has 1 aromatic carbocycles. The second kappa shape index (κ2) is 5.76. The van der Waals surface area contributed by atoms with Crippen molar-refractivity contribution in [2.75, 3.05) is 19.8 Å². The van der Waals surface area contributed by atoms with Gasteiger partial charge in [-0.15, -0.1) is 12.4 Å². The Bertz CT molecular complexity index is 361. The topological polar surface area (TPSA) is 35.2 Å². The Morgan fingerprint density at radius 3 is 2.18 bits per heavy atom. The van der Waals surface area contributed by atoms with Gasteiger partial charge < -0.3 is 10.5 Å². The maximum absolute atomic E-state index is 13.7. The normalized spacial score (nSPS) is 18.5. The molecule has 0 bridgehead atoms. The summed E-state index contributed by atoms with van der Waals surface area (Å²) in [5, 5.41) is 0. The van der Waals surface area contributed by atoms with Crippen LogP contribution in [0.4, 0.5) is 8.78 Å². The SMILES string of the molecule is Cl.NCC1(c2c(F)cccc2F)CCOCC1. The molecule has 0 aliphatic carbocycles. The van der Waals surface area contributed by atoms with Crippen LogP contribution in [-0.2, 0) is 10.2 Å². The molecule has 96 valence electrons. The Morgan fingerprint density at radius 1 is 1.18 bits per heavy atom. The van der Waals surface area contributed by atoms with Crippen LogP contribution in [0, 0.1) is 11.6 Å². The van der Waals surface area contributed by atoms with Gasteiger partial charge in [-0.3, -0.25) is 0 Å². The van der Waals surface area contributed by atoms with Crippen LogP contribution in [0.1, 0.15) is 18.4 Å². The van der Waals surface area contributed by atoms with Gasteiger partial charge in [-0.05, 0) is 25.0 Å². The fourth-order valence-electron chi connectivity index (χ4n) is 2.32. The Balaban J connectivity index is 0.00000144. The minimum absolute atomic E-state index is 0. The van der Waals surface area contributed by atoms with Gasteiger partial charge in [0.05, 0.1) is 0 Å². The zero-order valence-corrected chi connectivity index (χ0v) is 10.2. The predicted molar refractivity (Wildman–Crippen MR) is 64.4 cm³/mol. The van der Waals surface area contributed by atoms with E-state index in [1.54, 1.807) is 0 Å². The van der Waals surface area contributed by atoms with Gasteiger partial charge in [-0.25, -0.2) is 8.78 Å². The van der Waals surface area contributed by atoms with Crippen LogP contribution in [0.5, 0.6) is 0 Å². The van der Waals surface area contributed by atoms with Crippen LogP contribution >= 0.6 is 12.4 Å². The lowest BCUT2D eigenvalue weighted by Crippen LogP contribution is -2.42. The molecule has 1 fully saturated rings. The zero-order chi connectivity index (χ0) is 11.6. The molecule has 2 rings (SSSR count). The lowest BCUT2D eigenvalue weighted by atomic mass is 9.74. The van der Waals surface area contributed by atoms with Crippen LogP contribution < -0.4 is 5.73 Å². The summed E-state index contributed by atoms with van der Waals surface area (Å²) in [4.78, 5) is 0. The number of hydrogen-bond donors (Lipinski definition) is 1. The van der Waals surface area contributed by atoms with E-state index in [0.29, 0.717) is 26.1 Å². The highest BCUT2D eigenvalue weighted by molar-refractivity contribution is 5.85.